The van der Waals surface area contributed by atoms with Crippen LogP contribution in [0.3, 0.4) is 0 Å². The molecule has 3 fully saturated rings. The first-order valence-corrected chi connectivity index (χ1v) is 16.0. The number of halogens is 1. The highest BCUT2D eigenvalue weighted by Crippen LogP contribution is 2.69. The summed E-state index contributed by atoms with van der Waals surface area (Å²) in [7, 11) is 0. The maximum Gasteiger partial charge on any atom is 0.309 e. The highest BCUT2D eigenvalue weighted by atomic mass is 32.2. The van der Waals surface area contributed by atoms with Crippen molar-refractivity contribution in [1.82, 2.24) is 9.78 Å². The number of fused-ring (bicyclic) bond motifs is 6. The van der Waals surface area contributed by atoms with E-state index in [-0.39, 0.29) is 51.7 Å². The number of nitrogens with zero attached hydrogens (tertiary/aromatic N) is 2. The first kappa shape index (κ1) is 29.2. The third-order valence-electron chi connectivity index (χ3n) is 11.0. The number of allylic oxidation sites excluding steroid dienone is 1. The predicted octanol–water partition coefficient (Wildman–Crippen LogP) is 6.00. The Morgan fingerprint density at radius 1 is 1.26 bits per heavy atom. The number of aliphatic hydroxyl groups is 1. The zero-order chi connectivity index (χ0) is 30.0. The van der Waals surface area contributed by atoms with Crippen LogP contribution in [0.5, 0.6) is 0 Å². The number of terminal acetylenes is 1. The molecule has 0 amide bonds. The molecule has 0 aliphatic heterocycles. The van der Waals surface area contributed by atoms with Gasteiger partial charge in [-0.2, -0.15) is 5.10 Å². The molecule has 0 spiro atoms. The van der Waals surface area contributed by atoms with Gasteiger partial charge in [0.2, 0.25) is 5.12 Å². The van der Waals surface area contributed by atoms with E-state index in [4.69, 9.17) is 11.2 Å². The van der Waals surface area contributed by atoms with Gasteiger partial charge in [-0.05, 0) is 97.6 Å². The highest BCUT2D eigenvalue weighted by Gasteiger charge is 2.70. The molecule has 0 saturated heterocycles. The fraction of sp³-hybridized carbons (Fsp3) is 0.559. The van der Waals surface area contributed by atoms with E-state index in [2.05, 4.69) is 30.9 Å². The van der Waals surface area contributed by atoms with Crippen molar-refractivity contribution in [2.24, 2.45) is 34.5 Å². The maximum absolute atomic E-state index is 13.8. The zero-order valence-electron chi connectivity index (χ0n) is 24.7. The van der Waals surface area contributed by atoms with Gasteiger partial charge in [-0.25, -0.2) is 9.07 Å². The van der Waals surface area contributed by atoms with Gasteiger partial charge >= 0.3 is 5.97 Å². The average Bonchev–Trinajstić information content (AvgIpc) is 3.48. The molecule has 1 heterocycles. The number of hydrogen-bond acceptors (Lipinski definition) is 6. The summed E-state index contributed by atoms with van der Waals surface area (Å²) in [6.45, 7) is 7.89. The van der Waals surface area contributed by atoms with Gasteiger partial charge in [-0.3, -0.25) is 9.59 Å². The second-order valence-electron chi connectivity index (χ2n) is 13.5. The smallest absolute Gasteiger partial charge is 0.309 e. The van der Waals surface area contributed by atoms with Crippen molar-refractivity contribution in [1.29, 1.82) is 0 Å². The van der Waals surface area contributed by atoms with Gasteiger partial charge < -0.3 is 9.84 Å². The molecule has 8 heteroatoms. The molecule has 0 unspecified atom stereocenters. The quantitative estimate of drug-likeness (QED) is 0.340. The van der Waals surface area contributed by atoms with Crippen LogP contribution in [0.15, 0.2) is 36.0 Å². The van der Waals surface area contributed by atoms with Crippen LogP contribution in [0.25, 0.3) is 11.8 Å². The number of benzene rings is 1. The van der Waals surface area contributed by atoms with Crippen LogP contribution >= 0.6 is 11.8 Å². The minimum absolute atomic E-state index is 0.00274. The predicted molar refractivity (Wildman–Crippen MR) is 161 cm³/mol. The summed E-state index contributed by atoms with van der Waals surface area (Å²) in [6.07, 6.45) is 13.1. The summed E-state index contributed by atoms with van der Waals surface area (Å²) in [5, 5.41) is 16.5. The van der Waals surface area contributed by atoms with E-state index in [0.29, 0.717) is 12.8 Å². The molecule has 4 aliphatic carbocycles. The Hall–Kier alpha value is -2.89. The first-order valence-electron chi connectivity index (χ1n) is 15.0. The Bertz CT molecular complexity index is 1490. The van der Waals surface area contributed by atoms with E-state index < -0.39 is 17.1 Å². The van der Waals surface area contributed by atoms with Crippen molar-refractivity contribution in [3.63, 3.8) is 0 Å². The van der Waals surface area contributed by atoms with Gasteiger partial charge in [0.05, 0.1) is 35.4 Å². The van der Waals surface area contributed by atoms with Crippen LogP contribution in [0, 0.1) is 52.7 Å². The highest BCUT2D eigenvalue weighted by molar-refractivity contribution is 8.14. The summed E-state index contributed by atoms with van der Waals surface area (Å²) < 4.78 is 21.7. The van der Waals surface area contributed by atoms with Crippen LogP contribution in [0.2, 0.25) is 0 Å². The van der Waals surface area contributed by atoms with E-state index in [9.17, 15) is 19.1 Å². The molecule has 42 heavy (non-hydrogen) atoms. The first-order chi connectivity index (χ1) is 19.9. The third kappa shape index (κ3) is 4.22. The zero-order valence-corrected chi connectivity index (χ0v) is 25.5. The van der Waals surface area contributed by atoms with Crippen LogP contribution in [0.1, 0.15) is 71.1 Å². The number of carbonyl (C=O) groups excluding carboxylic acids is 2. The largest absolute Gasteiger partial charge is 0.449 e. The maximum atomic E-state index is 13.8. The molecule has 0 radical (unpaired) electrons. The van der Waals surface area contributed by atoms with Crippen molar-refractivity contribution < 1.29 is 23.8 Å². The second-order valence-corrected chi connectivity index (χ2v) is 14.4. The van der Waals surface area contributed by atoms with Gasteiger partial charge in [0, 0.05) is 5.41 Å². The number of ether oxygens (including phenoxy) is 1. The van der Waals surface area contributed by atoms with Crippen LogP contribution < -0.4 is 0 Å². The number of rotatable bonds is 5. The Morgan fingerprint density at radius 2 is 2.00 bits per heavy atom. The molecule has 1 N–H and O–H groups in total. The van der Waals surface area contributed by atoms with E-state index in [1.54, 1.807) is 26.0 Å². The number of aromatic nitrogens is 2. The SMILES string of the molecule is C#CCSC(=O)[C@@]1(OC(=O)C(C)C)CC[C@H]2[C@@H]3CCC4=Cc5c(cnn5-c5ccc(F)cc5)C[C@]4(C)[C@H]3[C@@H](O)C[C@@]21C. The van der Waals surface area contributed by atoms with Crippen LogP contribution in [-0.4, -0.2) is 43.4 Å². The van der Waals surface area contributed by atoms with Crippen LogP contribution in [-0.2, 0) is 20.7 Å². The fourth-order valence-electron chi connectivity index (χ4n) is 9.02. The summed E-state index contributed by atoms with van der Waals surface area (Å²) in [5.74, 6) is 2.02. The number of carbonyl (C=O) groups is 2. The standard InChI is InChI=1S/C34H39FN2O4S/c1-6-15-42-31(40)34(41-30(39)20(2)3)14-13-26-25-12-7-22-16-27-21(19-36-37(27)24-10-8-23(35)9-11-24)17-32(22,4)29(25)28(38)18-33(26,34)5/h1,8-11,16,19-20,25-26,28-29,38H,7,12-15,17-18H2,2-5H3/t25-,26-,28-,29+,32-,33-,34-/m0/s1. The molecule has 6 nitrogen and oxygen atoms in total. The lowest BCUT2D eigenvalue weighted by molar-refractivity contribution is -0.198. The normalized spacial score (nSPS) is 34.9. The molecule has 1 aromatic heterocycles. The molecule has 4 aliphatic rings. The Morgan fingerprint density at radius 3 is 2.69 bits per heavy atom. The van der Waals surface area contributed by atoms with Gasteiger partial charge in [0.25, 0.3) is 0 Å². The van der Waals surface area contributed by atoms with Gasteiger partial charge in [0.1, 0.15) is 5.82 Å². The number of hydrogen-bond donors (Lipinski definition) is 1. The van der Waals surface area contributed by atoms with Gasteiger partial charge in [-0.15, -0.1) is 6.42 Å². The molecule has 1 aromatic carbocycles. The Balaban J connectivity index is 1.35. The van der Waals surface area contributed by atoms with Crippen molar-refractivity contribution in [2.75, 3.05) is 5.75 Å². The summed E-state index contributed by atoms with van der Waals surface area (Å²) in [4.78, 5) is 26.9. The molecule has 0 bridgehead atoms. The molecule has 222 valence electrons. The summed E-state index contributed by atoms with van der Waals surface area (Å²) >= 11 is 1.05. The van der Waals surface area contributed by atoms with Crippen molar-refractivity contribution in [3.8, 4) is 18.0 Å². The van der Waals surface area contributed by atoms with Crippen LogP contribution in [0.4, 0.5) is 4.39 Å². The molecule has 2 aromatic rings. The fourth-order valence-corrected chi connectivity index (χ4v) is 9.84. The molecular weight excluding hydrogens is 551 g/mol. The van der Waals surface area contributed by atoms with Gasteiger partial charge in [0.15, 0.2) is 5.60 Å². The molecular formula is C34H39FN2O4S. The van der Waals surface area contributed by atoms with Crippen molar-refractivity contribution in [2.45, 2.75) is 77.9 Å². The van der Waals surface area contributed by atoms with Gasteiger partial charge in [-0.1, -0.05) is 51.0 Å². The topological polar surface area (TPSA) is 81.4 Å². The van der Waals surface area contributed by atoms with E-state index in [0.717, 1.165) is 54.4 Å². The molecule has 7 atom stereocenters. The third-order valence-corrected chi connectivity index (χ3v) is 11.9. The number of esters is 1. The minimum atomic E-state index is -1.31. The number of aliphatic hydroxyl groups excluding tert-OH is 1. The van der Waals surface area contributed by atoms with E-state index in [1.165, 1.54) is 17.7 Å². The number of thioether (sulfide) groups is 1. The van der Waals surface area contributed by atoms with Crippen molar-refractivity contribution >= 4 is 28.9 Å². The Kier molecular flexibility index (Phi) is 7.21. The molecule has 3 saturated carbocycles. The van der Waals surface area contributed by atoms with Crippen molar-refractivity contribution in [3.05, 3.63) is 53.1 Å². The lowest BCUT2D eigenvalue weighted by atomic mass is 9.45. The lowest BCUT2D eigenvalue weighted by Crippen LogP contribution is -2.62. The molecule has 6 rings (SSSR count). The van der Waals surface area contributed by atoms with E-state index >= 15 is 0 Å². The average molecular weight is 591 g/mol. The second kappa shape index (κ2) is 10.4. The summed E-state index contributed by atoms with van der Waals surface area (Å²) in [6, 6.07) is 6.36. The summed E-state index contributed by atoms with van der Waals surface area (Å²) in [5.41, 5.74) is 1.97. The monoisotopic (exact) mass is 590 g/mol. The van der Waals surface area contributed by atoms with E-state index in [1.807, 2.05) is 10.9 Å². The minimum Gasteiger partial charge on any atom is -0.449 e. The Labute approximate surface area is 251 Å². The lowest BCUT2D eigenvalue weighted by Gasteiger charge is -2.60.